The van der Waals surface area contributed by atoms with Gasteiger partial charge < -0.3 is 10.1 Å². The molecule has 104 valence electrons. The molecule has 1 aromatic carbocycles. The summed E-state index contributed by atoms with van der Waals surface area (Å²) in [6, 6.07) is 3.29. The van der Waals surface area contributed by atoms with Gasteiger partial charge in [0.05, 0.1) is 19.3 Å². The molecule has 0 bridgehead atoms. The maximum absolute atomic E-state index is 13.0. The van der Waals surface area contributed by atoms with Gasteiger partial charge >= 0.3 is 0 Å². The average Bonchev–Trinajstić information content (AvgIpc) is 2.34. The molecule has 1 amide bonds. The first kappa shape index (κ1) is 13.9. The zero-order chi connectivity index (χ0) is 13.8. The Morgan fingerprint density at radius 1 is 1.47 bits per heavy atom. The van der Waals surface area contributed by atoms with Crippen molar-refractivity contribution >= 4 is 11.6 Å². The SMILES string of the molecule is CC1CN(CC(=O)Nc2ccc(F)c(F)c2)CCO1. The monoisotopic (exact) mass is 270 g/mol. The molecule has 4 nitrogen and oxygen atoms in total. The second-order valence-corrected chi connectivity index (χ2v) is 4.59. The van der Waals surface area contributed by atoms with Gasteiger partial charge in [-0.1, -0.05) is 0 Å². The molecule has 1 saturated heterocycles. The van der Waals surface area contributed by atoms with Crippen LogP contribution in [0, 0.1) is 11.6 Å². The number of ether oxygens (including phenoxy) is 1. The fraction of sp³-hybridized carbons (Fsp3) is 0.462. The standard InChI is InChI=1S/C13H16F2N2O2/c1-9-7-17(4-5-19-9)8-13(18)16-10-2-3-11(14)12(15)6-10/h2-3,6,9H,4-5,7-8H2,1H3,(H,16,18). The van der Waals surface area contributed by atoms with E-state index < -0.39 is 11.6 Å². The molecule has 2 rings (SSSR count). The lowest BCUT2D eigenvalue weighted by Crippen LogP contribution is -2.44. The Morgan fingerprint density at radius 2 is 2.26 bits per heavy atom. The summed E-state index contributed by atoms with van der Waals surface area (Å²) in [4.78, 5) is 13.7. The number of carbonyl (C=O) groups is 1. The van der Waals surface area contributed by atoms with Gasteiger partial charge in [-0.15, -0.1) is 0 Å². The Morgan fingerprint density at radius 3 is 2.95 bits per heavy atom. The van der Waals surface area contributed by atoms with Crippen LogP contribution in [0.15, 0.2) is 18.2 Å². The third-order valence-corrected chi connectivity index (χ3v) is 2.90. The van der Waals surface area contributed by atoms with E-state index in [9.17, 15) is 13.6 Å². The number of hydrogen-bond donors (Lipinski definition) is 1. The number of carbonyl (C=O) groups excluding carboxylic acids is 1. The van der Waals surface area contributed by atoms with Crippen LogP contribution >= 0.6 is 0 Å². The van der Waals surface area contributed by atoms with Crippen molar-refractivity contribution in [2.75, 3.05) is 31.6 Å². The van der Waals surface area contributed by atoms with Crippen molar-refractivity contribution in [2.24, 2.45) is 0 Å². The Bertz CT molecular complexity index is 468. The van der Waals surface area contributed by atoms with Crippen LogP contribution < -0.4 is 5.32 Å². The van der Waals surface area contributed by atoms with Crippen LogP contribution in [0.5, 0.6) is 0 Å². The van der Waals surface area contributed by atoms with Gasteiger partial charge in [-0.05, 0) is 19.1 Å². The van der Waals surface area contributed by atoms with E-state index in [2.05, 4.69) is 5.32 Å². The second kappa shape index (κ2) is 6.08. The zero-order valence-electron chi connectivity index (χ0n) is 10.7. The van der Waals surface area contributed by atoms with Gasteiger partial charge in [0.2, 0.25) is 5.91 Å². The molecule has 0 aliphatic carbocycles. The quantitative estimate of drug-likeness (QED) is 0.907. The number of nitrogens with one attached hydrogen (secondary N) is 1. The summed E-state index contributed by atoms with van der Waals surface area (Å²) < 4.78 is 31.1. The van der Waals surface area contributed by atoms with Crippen LogP contribution in [0.4, 0.5) is 14.5 Å². The van der Waals surface area contributed by atoms with Gasteiger partial charge in [-0.2, -0.15) is 0 Å². The van der Waals surface area contributed by atoms with Crippen molar-refractivity contribution in [1.82, 2.24) is 4.90 Å². The fourth-order valence-electron chi connectivity index (χ4n) is 2.01. The molecule has 0 spiro atoms. The van der Waals surface area contributed by atoms with Crippen molar-refractivity contribution < 1.29 is 18.3 Å². The smallest absolute Gasteiger partial charge is 0.238 e. The van der Waals surface area contributed by atoms with E-state index in [0.29, 0.717) is 19.7 Å². The molecule has 6 heteroatoms. The van der Waals surface area contributed by atoms with Crippen LogP contribution in [-0.2, 0) is 9.53 Å². The Kier molecular flexibility index (Phi) is 4.44. The summed E-state index contributed by atoms with van der Waals surface area (Å²) in [6.07, 6.45) is 0.102. The summed E-state index contributed by atoms with van der Waals surface area (Å²) >= 11 is 0. The lowest BCUT2D eigenvalue weighted by atomic mass is 10.2. The molecular formula is C13H16F2N2O2. The zero-order valence-corrected chi connectivity index (χ0v) is 10.7. The molecule has 1 unspecified atom stereocenters. The fourth-order valence-corrected chi connectivity index (χ4v) is 2.01. The van der Waals surface area contributed by atoms with Crippen LogP contribution in [0.25, 0.3) is 0 Å². The highest BCUT2D eigenvalue weighted by atomic mass is 19.2. The van der Waals surface area contributed by atoms with E-state index in [1.54, 1.807) is 0 Å². The molecule has 0 aromatic heterocycles. The molecule has 1 aromatic rings. The number of nitrogens with zero attached hydrogens (tertiary/aromatic N) is 1. The van der Waals surface area contributed by atoms with Gasteiger partial charge in [0.15, 0.2) is 11.6 Å². The third-order valence-electron chi connectivity index (χ3n) is 2.90. The summed E-state index contributed by atoms with van der Waals surface area (Å²) in [7, 11) is 0. The molecule has 1 aliphatic heterocycles. The van der Waals surface area contributed by atoms with Crippen molar-refractivity contribution in [3.05, 3.63) is 29.8 Å². The van der Waals surface area contributed by atoms with Crippen molar-refractivity contribution in [1.29, 1.82) is 0 Å². The van der Waals surface area contributed by atoms with E-state index in [1.165, 1.54) is 6.07 Å². The van der Waals surface area contributed by atoms with Gasteiger partial charge in [-0.25, -0.2) is 8.78 Å². The highest BCUT2D eigenvalue weighted by Gasteiger charge is 2.19. The predicted molar refractivity (Wildman–Crippen MR) is 66.8 cm³/mol. The first-order valence-corrected chi connectivity index (χ1v) is 6.13. The van der Waals surface area contributed by atoms with Crippen LogP contribution in [0.3, 0.4) is 0 Å². The van der Waals surface area contributed by atoms with E-state index in [1.807, 2.05) is 11.8 Å². The molecular weight excluding hydrogens is 254 g/mol. The van der Waals surface area contributed by atoms with Crippen molar-refractivity contribution in [2.45, 2.75) is 13.0 Å². The summed E-state index contributed by atoms with van der Waals surface area (Å²) in [5, 5.41) is 2.54. The number of hydrogen-bond acceptors (Lipinski definition) is 3. The van der Waals surface area contributed by atoms with Crippen LogP contribution in [0.2, 0.25) is 0 Å². The van der Waals surface area contributed by atoms with E-state index in [-0.39, 0.29) is 24.2 Å². The molecule has 1 atom stereocenters. The third kappa shape index (κ3) is 3.97. The maximum atomic E-state index is 13.0. The number of rotatable bonds is 3. The lowest BCUT2D eigenvalue weighted by Gasteiger charge is -2.30. The molecule has 0 radical (unpaired) electrons. The van der Waals surface area contributed by atoms with E-state index in [0.717, 1.165) is 12.1 Å². The predicted octanol–water partition coefficient (Wildman–Crippen LogP) is 1.62. The molecule has 1 heterocycles. The minimum Gasteiger partial charge on any atom is -0.376 e. The Balaban J connectivity index is 1.88. The molecule has 1 fully saturated rings. The largest absolute Gasteiger partial charge is 0.376 e. The minimum atomic E-state index is -0.974. The minimum absolute atomic E-state index is 0.102. The molecule has 0 saturated carbocycles. The number of benzene rings is 1. The van der Waals surface area contributed by atoms with Gasteiger partial charge in [0, 0.05) is 24.8 Å². The first-order chi connectivity index (χ1) is 9.04. The van der Waals surface area contributed by atoms with Gasteiger partial charge in [0.1, 0.15) is 0 Å². The Labute approximate surface area is 110 Å². The summed E-state index contributed by atoms with van der Waals surface area (Å²) in [6.45, 7) is 4.13. The van der Waals surface area contributed by atoms with Gasteiger partial charge in [-0.3, -0.25) is 9.69 Å². The first-order valence-electron chi connectivity index (χ1n) is 6.13. The average molecular weight is 270 g/mol. The van der Waals surface area contributed by atoms with Crippen molar-refractivity contribution in [3.63, 3.8) is 0 Å². The molecule has 19 heavy (non-hydrogen) atoms. The van der Waals surface area contributed by atoms with Crippen LogP contribution in [0.1, 0.15) is 6.92 Å². The number of morpholine rings is 1. The Hall–Kier alpha value is -1.53. The topological polar surface area (TPSA) is 41.6 Å². The second-order valence-electron chi connectivity index (χ2n) is 4.59. The normalized spacial score (nSPS) is 20.3. The van der Waals surface area contributed by atoms with Crippen molar-refractivity contribution in [3.8, 4) is 0 Å². The lowest BCUT2D eigenvalue weighted by molar-refractivity contribution is -0.119. The highest BCUT2D eigenvalue weighted by molar-refractivity contribution is 5.92. The number of halogens is 2. The highest BCUT2D eigenvalue weighted by Crippen LogP contribution is 2.13. The maximum Gasteiger partial charge on any atom is 0.238 e. The number of amides is 1. The molecule has 1 aliphatic rings. The summed E-state index contributed by atoms with van der Waals surface area (Å²) in [5.74, 6) is -2.15. The summed E-state index contributed by atoms with van der Waals surface area (Å²) in [5.41, 5.74) is 0.255. The number of anilines is 1. The molecule has 1 N–H and O–H groups in total. The van der Waals surface area contributed by atoms with E-state index >= 15 is 0 Å². The van der Waals surface area contributed by atoms with Crippen LogP contribution in [-0.4, -0.2) is 43.2 Å². The van der Waals surface area contributed by atoms with Gasteiger partial charge in [0.25, 0.3) is 0 Å². The van der Waals surface area contributed by atoms with E-state index in [4.69, 9.17) is 4.74 Å².